The Labute approximate surface area is 155 Å². The normalized spacial score (nSPS) is 13.9. The number of rotatable bonds is 5. The minimum atomic E-state index is -0.732. The largest absolute Gasteiger partial charge is 0.368 e. The van der Waals surface area contributed by atoms with Gasteiger partial charge in [-0.1, -0.05) is 51.1 Å². The van der Waals surface area contributed by atoms with Crippen molar-refractivity contribution in [1.29, 1.82) is 0 Å². The van der Waals surface area contributed by atoms with E-state index in [-0.39, 0.29) is 11.9 Å². The van der Waals surface area contributed by atoms with Gasteiger partial charge in [-0.05, 0) is 37.8 Å². The standard InChI is InChI=1S/C21H29N3O2/c1-13-12-17(20(26)23-18(19(22)25)21(4,5)6)15(3)24(13)14(2)16-10-8-7-9-11-16/h7-12,14,18H,1-6H3,(H2,22,25)(H,23,26)/t14-,18+/m0/s1. The van der Waals surface area contributed by atoms with E-state index in [2.05, 4.69) is 28.9 Å². The molecule has 5 heteroatoms. The molecule has 0 aliphatic carbocycles. The highest BCUT2D eigenvalue weighted by Crippen LogP contribution is 2.26. The number of nitrogens with zero attached hydrogens (tertiary/aromatic N) is 1. The highest BCUT2D eigenvalue weighted by atomic mass is 16.2. The number of nitrogens with two attached hydrogens (primary N) is 1. The fourth-order valence-electron chi connectivity index (χ4n) is 3.41. The summed E-state index contributed by atoms with van der Waals surface area (Å²) in [5, 5.41) is 2.81. The van der Waals surface area contributed by atoms with Crippen LogP contribution in [0.15, 0.2) is 36.4 Å². The summed E-state index contributed by atoms with van der Waals surface area (Å²) in [6, 6.07) is 11.4. The second kappa shape index (κ2) is 7.36. The number of hydrogen-bond acceptors (Lipinski definition) is 2. The van der Waals surface area contributed by atoms with Crippen LogP contribution in [-0.2, 0) is 4.79 Å². The molecule has 26 heavy (non-hydrogen) atoms. The fourth-order valence-corrected chi connectivity index (χ4v) is 3.41. The maximum Gasteiger partial charge on any atom is 0.253 e. The molecular weight excluding hydrogens is 326 g/mol. The number of carbonyl (C=O) groups is 2. The predicted molar refractivity (Wildman–Crippen MR) is 104 cm³/mol. The molecule has 0 aliphatic rings. The average molecular weight is 355 g/mol. The number of amides is 2. The van der Waals surface area contributed by atoms with E-state index < -0.39 is 17.4 Å². The summed E-state index contributed by atoms with van der Waals surface area (Å²) >= 11 is 0. The monoisotopic (exact) mass is 355 g/mol. The maximum absolute atomic E-state index is 12.8. The van der Waals surface area contributed by atoms with Crippen molar-refractivity contribution in [3.8, 4) is 0 Å². The van der Waals surface area contributed by atoms with Crippen molar-refractivity contribution in [2.45, 2.75) is 53.6 Å². The minimum Gasteiger partial charge on any atom is -0.368 e. The second-order valence-corrected chi connectivity index (χ2v) is 7.92. The molecule has 1 aromatic heterocycles. The van der Waals surface area contributed by atoms with Crippen LogP contribution in [0.5, 0.6) is 0 Å². The molecule has 0 unspecified atom stereocenters. The molecule has 1 aromatic carbocycles. The molecule has 0 saturated carbocycles. The molecule has 3 N–H and O–H groups in total. The first-order valence-corrected chi connectivity index (χ1v) is 8.87. The van der Waals surface area contributed by atoms with Gasteiger partial charge in [-0.2, -0.15) is 0 Å². The van der Waals surface area contributed by atoms with Gasteiger partial charge in [-0.15, -0.1) is 0 Å². The molecule has 1 heterocycles. The summed E-state index contributed by atoms with van der Waals surface area (Å²) in [5.74, 6) is -0.805. The number of nitrogens with one attached hydrogen (secondary N) is 1. The topological polar surface area (TPSA) is 77.1 Å². The van der Waals surface area contributed by atoms with Crippen LogP contribution in [-0.4, -0.2) is 22.4 Å². The summed E-state index contributed by atoms with van der Waals surface area (Å²) in [4.78, 5) is 24.6. The van der Waals surface area contributed by atoms with Crippen molar-refractivity contribution in [2.75, 3.05) is 0 Å². The highest BCUT2D eigenvalue weighted by Gasteiger charge is 2.32. The third-order valence-electron chi connectivity index (χ3n) is 4.82. The van der Waals surface area contributed by atoms with E-state index in [9.17, 15) is 9.59 Å². The molecule has 0 spiro atoms. The number of aromatic nitrogens is 1. The van der Waals surface area contributed by atoms with Crippen LogP contribution in [0.4, 0.5) is 0 Å². The van der Waals surface area contributed by atoms with Gasteiger partial charge in [0.2, 0.25) is 5.91 Å². The lowest BCUT2D eigenvalue weighted by molar-refractivity contribution is -0.122. The number of hydrogen-bond donors (Lipinski definition) is 2. The van der Waals surface area contributed by atoms with Crippen LogP contribution in [0.1, 0.15) is 61.0 Å². The fraction of sp³-hybridized carbons (Fsp3) is 0.429. The number of primary amides is 1. The van der Waals surface area contributed by atoms with Crippen LogP contribution in [0.25, 0.3) is 0 Å². The predicted octanol–water partition coefficient (Wildman–Crippen LogP) is 3.34. The van der Waals surface area contributed by atoms with Crippen molar-refractivity contribution in [3.63, 3.8) is 0 Å². The first-order valence-electron chi connectivity index (χ1n) is 8.87. The van der Waals surface area contributed by atoms with Gasteiger partial charge in [0.25, 0.3) is 5.91 Å². The molecule has 0 aliphatic heterocycles. The number of benzene rings is 1. The zero-order chi connectivity index (χ0) is 19.6. The lowest BCUT2D eigenvalue weighted by Crippen LogP contribution is -2.52. The zero-order valence-electron chi connectivity index (χ0n) is 16.5. The smallest absolute Gasteiger partial charge is 0.253 e. The molecule has 0 fully saturated rings. The second-order valence-electron chi connectivity index (χ2n) is 7.92. The number of carbonyl (C=O) groups excluding carboxylic acids is 2. The van der Waals surface area contributed by atoms with Gasteiger partial charge in [0, 0.05) is 11.4 Å². The SMILES string of the molecule is Cc1cc(C(=O)N[C@H](C(N)=O)C(C)(C)C)c(C)n1[C@@H](C)c1ccccc1. The quantitative estimate of drug-likeness (QED) is 0.863. The van der Waals surface area contributed by atoms with E-state index in [0.717, 1.165) is 11.4 Å². The third-order valence-corrected chi connectivity index (χ3v) is 4.82. The Hall–Kier alpha value is -2.56. The van der Waals surface area contributed by atoms with E-state index in [1.54, 1.807) is 0 Å². The van der Waals surface area contributed by atoms with Crippen LogP contribution >= 0.6 is 0 Å². The Bertz CT molecular complexity index is 801. The highest BCUT2D eigenvalue weighted by molar-refractivity contribution is 5.98. The summed E-state index contributed by atoms with van der Waals surface area (Å²) < 4.78 is 2.14. The van der Waals surface area contributed by atoms with Gasteiger partial charge in [-0.3, -0.25) is 9.59 Å². The van der Waals surface area contributed by atoms with Crippen molar-refractivity contribution in [3.05, 3.63) is 58.9 Å². The average Bonchev–Trinajstić information content (AvgIpc) is 2.86. The van der Waals surface area contributed by atoms with Gasteiger partial charge in [0.05, 0.1) is 11.6 Å². The van der Waals surface area contributed by atoms with E-state index in [0.29, 0.717) is 5.56 Å². The molecule has 2 atom stereocenters. The third kappa shape index (κ3) is 3.98. The van der Waals surface area contributed by atoms with Gasteiger partial charge < -0.3 is 15.6 Å². The van der Waals surface area contributed by atoms with Crippen LogP contribution in [0.3, 0.4) is 0 Å². The van der Waals surface area contributed by atoms with E-state index in [4.69, 9.17) is 5.73 Å². The minimum absolute atomic E-state index is 0.104. The van der Waals surface area contributed by atoms with E-state index in [1.165, 1.54) is 5.56 Å². The Balaban J connectivity index is 2.35. The molecule has 140 valence electrons. The Kier molecular flexibility index (Phi) is 5.59. The van der Waals surface area contributed by atoms with Crippen LogP contribution in [0, 0.1) is 19.3 Å². The van der Waals surface area contributed by atoms with Crippen LogP contribution in [0.2, 0.25) is 0 Å². The molecular formula is C21H29N3O2. The molecule has 2 amide bonds. The molecule has 0 bridgehead atoms. The molecule has 5 nitrogen and oxygen atoms in total. The molecule has 0 saturated heterocycles. The number of aryl methyl sites for hydroxylation is 1. The van der Waals surface area contributed by atoms with Crippen molar-refractivity contribution >= 4 is 11.8 Å². The van der Waals surface area contributed by atoms with Gasteiger partial charge >= 0.3 is 0 Å². The Morgan fingerprint density at radius 3 is 2.19 bits per heavy atom. The lowest BCUT2D eigenvalue weighted by Gasteiger charge is -2.28. The molecule has 2 aromatic rings. The maximum atomic E-state index is 12.8. The molecule has 2 rings (SSSR count). The summed E-state index contributed by atoms with van der Waals surface area (Å²) in [6.45, 7) is 11.7. The lowest BCUT2D eigenvalue weighted by atomic mass is 9.86. The first kappa shape index (κ1) is 19.8. The summed E-state index contributed by atoms with van der Waals surface area (Å²) in [7, 11) is 0. The molecule has 0 radical (unpaired) electrons. The van der Waals surface area contributed by atoms with E-state index in [1.807, 2.05) is 58.9 Å². The van der Waals surface area contributed by atoms with Crippen molar-refractivity contribution in [1.82, 2.24) is 9.88 Å². The summed E-state index contributed by atoms with van der Waals surface area (Å²) in [6.07, 6.45) is 0. The zero-order valence-corrected chi connectivity index (χ0v) is 16.5. The Morgan fingerprint density at radius 1 is 1.12 bits per heavy atom. The van der Waals surface area contributed by atoms with Crippen LogP contribution < -0.4 is 11.1 Å². The van der Waals surface area contributed by atoms with E-state index >= 15 is 0 Å². The first-order chi connectivity index (χ1) is 12.0. The van der Waals surface area contributed by atoms with Gasteiger partial charge in [0.1, 0.15) is 6.04 Å². The summed E-state index contributed by atoms with van der Waals surface area (Å²) in [5.41, 5.74) is 8.64. The van der Waals surface area contributed by atoms with Crippen molar-refractivity contribution in [2.24, 2.45) is 11.1 Å². The van der Waals surface area contributed by atoms with Crippen molar-refractivity contribution < 1.29 is 9.59 Å². The van der Waals surface area contributed by atoms with Gasteiger partial charge in [-0.25, -0.2) is 0 Å². The van der Waals surface area contributed by atoms with Gasteiger partial charge in [0.15, 0.2) is 0 Å². The Morgan fingerprint density at radius 2 is 1.69 bits per heavy atom.